The van der Waals surface area contributed by atoms with Gasteiger partial charge in [0.05, 0.1) is 11.9 Å². The molecule has 36 heavy (non-hydrogen) atoms. The summed E-state index contributed by atoms with van der Waals surface area (Å²) in [4.78, 5) is 32.5. The minimum atomic E-state index is -4.62. The van der Waals surface area contributed by atoms with E-state index in [4.69, 9.17) is 5.73 Å². The summed E-state index contributed by atoms with van der Waals surface area (Å²) in [5.41, 5.74) is 6.30. The molecule has 0 aliphatic heterocycles. The normalized spacial score (nSPS) is 12.2. The van der Waals surface area contributed by atoms with Crippen molar-refractivity contribution >= 4 is 23.3 Å². The number of anilines is 2. The first-order chi connectivity index (χ1) is 16.9. The molecular formula is C23H20F5N5O3. The van der Waals surface area contributed by atoms with Gasteiger partial charge in [-0.05, 0) is 41.8 Å². The first-order valence-electron chi connectivity index (χ1n) is 10.4. The Labute approximate surface area is 201 Å². The molecule has 1 atom stereocenters. The van der Waals surface area contributed by atoms with E-state index < -0.39 is 48.0 Å². The molecule has 2 aromatic carbocycles. The van der Waals surface area contributed by atoms with Crippen LogP contribution in [0.2, 0.25) is 0 Å². The average molecular weight is 509 g/mol. The summed E-state index contributed by atoms with van der Waals surface area (Å²) in [6.07, 6.45) is -4.83. The number of benzene rings is 2. The molecule has 0 fully saturated rings. The number of carbonyl (C=O) groups is 2. The van der Waals surface area contributed by atoms with Gasteiger partial charge in [0.1, 0.15) is 18.2 Å². The van der Waals surface area contributed by atoms with E-state index in [0.717, 1.165) is 12.1 Å². The number of alkyl halides is 3. The standard InChI is InChI=1S/C23H20F5N5O3/c1-2-11-7-15(32-22(36)19(34)12-5-13(24)8-14(25)6-12)3-4-16(11)17-9-30-20(29)18(33-17)21(35)31-10-23(26,27)28/h3-9,19,34H,2,10H2,1H3,(H2,29,30)(H,31,35)(H,32,36). The predicted octanol–water partition coefficient (Wildman–Crippen LogP) is 3.53. The number of aromatic nitrogens is 2. The van der Waals surface area contributed by atoms with Crippen molar-refractivity contribution in [3.05, 3.63) is 71.1 Å². The van der Waals surface area contributed by atoms with Crippen LogP contribution in [0, 0.1) is 11.6 Å². The van der Waals surface area contributed by atoms with Gasteiger partial charge in [0.25, 0.3) is 11.8 Å². The molecule has 1 aromatic heterocycles. The van der Waals surface area contributed by atoms with Gasteiger partial charge < -0.3 is 21.5 Å². The number of nitrogens with two attached hydrogens (primary N) is 1. The van der Waals surface area contributed by atoms with E-state index >= 15 is 0 Å². The Morgan fingerprint density at radius 3 is 2.39 bits per heavy atom. The Balaban J connectivity index is 1.83. The summed E-state index contributed by atoms with van der Waals surface area (Å²) < 4.78 is 64.1. The van der Waals surface area contributed by atoms with Crippen molar-refractivity contribution in [3.63, 3.8) is 0 Å². The molecule has 13 heteroatoms. The zero-order valence-electron chi connectivity index (χ0n) is 18.7. The Bertz CT molecular complexity index is 1280. The van der Waals surface area contributed by atoms with Crippen LogP contribution in [-0.4, -0.2) is 39.6 Å². The number of rotatable bonds is 7. The third kappa shape index (κ3) is 6.50. The van der Waals surface area contributed by atoms with Crippen LogP contribution in [0.1, 0.15) is 34.6 Å². The second kappa shape index (κ2) is 10.6. The van der Waals surface area contributed by atoms with Crippen molar-refractivity contribution in [3.8, 4) is 11.3 Å². The highest BCUT2D eigenvalue weighted by atomic mass is 19.4. The van der Waals surface area contributed by atoms with E-state index in [0.29, 0.717) is 23.6 Å². The lowest BCUT2D eigenvalue weighted by atomic mass is 10.0. The van der Waals surface area contributed by atoms with Crippen molar-refractivity contribution in [2.45, 2.75) is 25.6 Å². The Hall–Kier alpha value is -4.13. The summed E-state index contributed by atoms with van der Waals surface area (Å²) in [7, 11) is 0. The number of carbonyl (C=O) groups excluding carboxylic acids is 2. The van der Waals surface area contributed by atoms with E-state index in [1.165, 1.54) is 24.4 Å². The molecule has 5 N–H and O–H groups in total. The minimum absolute atomic E-state index is 0.145. The maximum absolute atomic E-state index is 13.4. The van der Waals surface area contributed by atoms with Crippen LogP contribution in [0.4, 0.5) is 33.5 Å². The van der Waals surface area contributed by atoms with Crippen molar-refractivity contribution < 1.29 is 36.6 Å². The van der Waals surface area contributed by atoms with Gasteiger partial charge >= 0.3 is 6.18 Å². The van der Waals surface area contributed by atoms with Crippen LogP contribution in [0.3, 0.4) is 0 Å². The highest BCUT2D eigenvalue weighted by Crippen LogP contribution is 2.27. The second-order valence-electron chi connectivity index (χ2n) is 7.61. The molecule has 3 rings (SSSR count). The Morgan fingerprint density at radius 1 is 1.11 bits per heavy atom. The fourth-order valence-corrected chi connectivity index (χ4v) is 3.27. The lowest BCUT2D eigenvalue weighted by molar-refractivity contribution is -0.124. The number of nitrogen functional groups attached to an aromatic ring is 1. The smallest absolute Gasteiger partial charge is 0.382 e. The Kier molecular flexibility index (Phi) is 7.83. The number of aliphatic hydroxyl groups is 1. The maximum atomic E-state index is 13.4. The van der Waals surface area contributed by atoms with Gasteiger partial charge in [-0.25, -0.2) is 18.7 Å². The van der Waals surface area contributed by atoms with Gasteiger partial charge in [0.15, 0.2) is 17.6 Å². The molecule has 0 saturated carbocycles. The first-order valence-corrected chi connectivity index (χ1v) is 10.4. The number of aliphatic hydroxyl groups excluding tert-OH is 1. The van der Waals surface area contributed by atoms with Crippen LogP contribution >= 0.6 is 0 Å². The van der Waals surface area contributed by atoms with E-state index in [9.17, 15) is 36.6 Å². The molecule has 1 unspecified atom stereocenters. The van der Waals surface area contributed by atoms with Gasteiger partial charge in [-0.15, -0.1) is 0 Å². The van der Waals surface area contributed by atoms with Gasteiger partial charge in [0.2, 0.25) is 0 Å². The van der Waals surface area contributed by atoms with E-state index in [1.807, 2.05) is 0 Å². The number of hydrogen-bond donors (Lipinski definition) is 4. The number of halogens is 5. The second-order valence-corrected chi connectivity index (χ2v) is 7.61. The van der Waals surface area contributed by atoms with Crippen LogP contribution in [0.25, 0.3) is 11.3 Å². The lowest BCUT2D eigenvalue weighted by Gasteiger charge is -2.15. The summed E-state index contributed by atoms with van der Waals surface area (Å²) >= 11 is 0. The molecule has 0 aliphatic rings. The molecular weight excluding hydrogens is 489 g/mol. The summed E-state index contributed by atoms with van der Waals surface area (Å²) in [5.74, 6) is -4.35. The van der Waals surface area contributed by atoms with Crippen molar-refractivity contribution in [2.24, 2.45) is 0 Å². The summed E-state index contributed by atoms with van der Waals surface area (Å²) in [6, 6.07) is 6.75. The number of hydrogen-bond acceptors (Lipinski definition) is 6. The first kappa shape index (κ1) is 26.5. The number of nitrogens with one attached hydrogen (secondary N) is 2. The highest BCUT2D eigenvalue weighted by Gasteiger charge is 2.29. The average Bonchev–Trinajstić information content (AvgIpc) is 2.81. The third-order valence-corrected chi connectivity index (χ3v) is 4.94. The zero-order valence-corrected chi connectivity index (χ0v) is 18.7. The summed E-state index contributed by atoms with van der Waals surface area (Å²) in [5, 5.41) is 14.3. The van der Waals surface area contributed by atoms with Crippen LogP contribution in [0.5, 0.6) is 0 Å². The summed E-state index contributed by atoms with van der Waals surface area (Å²) in [6.45, 7) is 0.205. The third-order valence-electron chi connectivity index (χ3n) is 4.94. The molecule has 0 spiro atoms. The molecule has 3 aromatic rings. The van der Waals surface area contributed by atoms with Crippen LogP contribution in [0.15, 0.2) is 42.6 Å². The van der Waals surface area contributed by atoms with Crippen LogP contribution < -0.4 is 16.4 Å². The SMILES string of the molecule is CCc1cc(NC(=O)C(O)c2cc(F)cc(F)c2)ccc1-c1cnc(N)c(C(=O)NCC(F)(F)F)n1. The predicted molar refractivity (Wildman–Crippen MR) is 120 cm³/mol. The van der Waals surface area contributed by atoms with Crippen molar-refractivity contribution in [1.82, 2.24) is 15.3 Å². The molecule has 0 radical (unpaired) electrons. The largest absolute Gasteiger partial charge is 0.405 e. The van der Waals surface area contributed by atoms with E-state index in [2.05, 4.69) is 15.3 Å². The van der Waals surface area contributed by atoms with Gasteiger partial charge in [0, 0.05) is 17.3 Å². The van der Waals surface area contributed by atoms with Gasteiger partial charge in [-0.2, -0.15) is 13.2 Å². The molecule has 190 valence electrons. The molecule has 0 bridgehead atoms. The zero-order chi connectivity index (χ0) is 26.6. The topological polar surface area (TPSA) is 130 Å². The van der Waals surface area contributed by atoms with Crippen molar-refractivity contribution in [1.29, 1.82) is 0 Å². The molecule has 0 aliphatic carbocycles. The number of nitrogens with zero attached hydrogens (tertiary/aromatic N) is 2. The molecule has 1 heterocycles. The number of amides is 2. The number of aryl methyl sites for hydroxylation is 1. The maximum Gasteiger partial charge on any atom is 0.405 e. The minimum Gasteiger partial charge on any atom is -0.382 e. The van der Waals surface area contributed by atoms with Gasteiger partial charge in [-0.1, -0.05) is 13.0 Å². The molecule has 0 saturated heterocycles. The monoisotopic (exact) mass is 509 g/mol. The molecule has 2 amide bonds. The van der Waals surface area contributed by atoms with Gasteiger partial charge in [-0.3, -0.25) is 9.59 Å². The lowest BCUT2D eigenvalue weighted by Crippen LogP contribution is -2.34. The quantitative estimate of drug-likeness (QED) is 0.361. The highest BCUT2D eigenvalue weighted by molar-refractivity contribution is 5.97. The van der Waals surface area contributed by atoms with E-state index in [1.54, 1.807) is 12.2 Å². The van der Waals surface area contributed by atoms with Crippen LogP contribution in [-0.2, 0) is 11.2 Å². The van der Waals surface area contributed by atoms with Crippen molar-refractivity contribution in [2.75, 3.05) is 17.6 Å². The fourth-order valence-electron chi connectivity index (χ4n) is 3.27. The Morgan fingerprint density at radius 2 is 1.78 bits per heavy atom. The van der Waals surface area contributed by atoms with E-state index in [-0.39, 0.29) is 22.8 Å². The molecule has 8 nitrogen and oxygen atoms in total. The fraction of sp³-hybridized carbons (Fsp3) is 0.217.